The molecule has 0 aliphatic rings. The summed E-state index contributed by atoms with van der Waals surface area (Å²) in [6.07, 6.45) is 0.127. The van der Waals surface area contributed by atoms with Gasteiger partial charge in [-0.15, -0.1) is 0 Å². The normalized spacial score (nSPS) is 11.3. The molecule has 3 aromatic rings. The van der Waals surface area contributed by atoms with Crippen LogP contribution in [0.2, 0.25) is 0 Å². The summed E-state index contributed by atoms with van der Waals surface area (Å²) in [6, 6.07) is 21.8. The highest BCUT2D eigenvalue weighted by molar-refractivity contribution is 5.96. The van der Waals surface area contributed by atoms with Crippen molar-refractivity contribution < 1.29 is 19.2 Å². The first kappa shape index (κ1) is 23.5. The van der Waals surface area contributed by atoms with Crippen molar-refractivity contribution in [2.75, 3.05) is 11.9 Å². The van der Waals surface area contributed by atoms with Crippen molar-refractivity contribution in [2.24, 2.45) is 0 Å². The molecule has 170 valence electrons. The molecule has 0 aromatic heterocycles. The monoisotopic (exact) mass is 447 g/mol. The van der Waals surface area contributed by atoms with Crippen LogP contribution in [0.4, 0.5) is 16.2 Å². The average molecular weight is 447 g/mol. The lowest BCUT2D eigenvalue weighted by molar-refractivity contribution is -0.384. The highest BCUT2D eigenvalue weighted by atomic mass is 16.6. The fourth-order valence-electron chi connectivity index (χ4n) is 3.27. The summed E-state index contributed by atoms with van der Waals surface area (Å²) < 4.78 is 5.29. The number of carbonyl (C=O) groups excluding carboxylic acids is 2. The van der Waals surface area contributed by atoms with Crippen molar-refractivity contribution in [1.82, 2.24) is 5.32 Å². The van der Waals surface area contributed by atoms with Gasteiger partial charge >= 0.3 is 6.09 Å². The Morgan fingerprint density at radius 2 is 1.67 bits per heavy atom. The number of ether oxygens (including phenoxy) is 1. The lowest BCUT2D eigenvalue weighted by atomic mass is 10.1. The Morgan fingerprint density at radius 1 is 0.970 bits per heavy atom. The third-order valence-corrected chi connectivity index (χ3v) is 4.94. The molecule has 1 atom stereocenters. The number of nitrogens with zero attached hydrogens (tertiary/aromatic N) is 1. The molecule has 8 nitrogen and oxygen atoms in total. The molecule has 0 bridgehead atoms. The maximum atomic E-state index is 12.9. The molecule has 3 aromatic carbocycles. The third-order valence-electron chi connectivity index (χ3n) is 4.94. The molecule has 0 saturated heterocycles. The van der Waals surface area contributed by atoms with Crippen LogP contribution < -0.4 is 10.6 Å². The summed E-state index contributed by atoms with van der Waals surface area (Å²) >= 11 is 0. The smallest absolute Gasteiger partial charge is 0.407 e. The summed E-state index contributed by atoms with van der Waals surface area (Å²) in [5.74, 6) is -0.455. The Bertz CT molecular complexity index is 1100. The molecule has 3 rings (SSSR count). The summed E-state index contributed by atoms with van der Waals surface area (Å²) in [7, 11) is 0. The average Bonchev–Trinajstić information content (AvgIpc) is 2.80. The van der Waals surface area contributed by atoms with Crippen molar-refractivity contribution >= 4 is 23.4 Å². The van der Waals surface area contributed by atoms with Crippen molar-refractivity contribution in [3.63, 3.8) is 0 Å². The third kappa shape index (κ3) is 7.46. The van der Waals surface area contributed by atoms with E-state index in [9.17, 15) is 19.7 Å². The van der Waals surface area contributed by atoms with E-state index < -0.39 is 23.0 Å². The maximum absolute atomic E-state index is 12.9. The summed E-state index contributed by atoms with van der Waals surface area (Å²) in [6.45, 7) is 2.17. The predicted molar refractivity (Wildman–Crippen MR) is 125 cm³/mol. The Kier molecular flexibility index (Phi) is 8.13. The number of hydrogen-bond donors (Lipinski definition) is 2. The number of rotatable bonds is 9. The lowest BCUT2D eigenvalue weighted by Gasteiger charge is -2.18. The highest BCUT2D eigenvalue weighted by Crippen LogP contribution is 2.16. The predicted octanol–water partition coefficient (Wildman–Crippen LogP) is 4.42. The van der Waals surface area contributed by atoms with Crippen LogP contribution in [0.3, 0.4) is 0 Å². The SMILES string of the molecule is Cc1cccc(CCOC(=O)NC(Cc2ccccc2)C(=O)Nc2ccc([N+](=O)[O-])cc2)c1. The number of nitro benzene ring substituents is 1. The lowest BCUT2D eigenvalue weighted by Crippen LogP contribution is -2.45. The van der Waals surface area contributed by atoms with E-state index in [-0.39, 0.29) is 18.7 Å². The van der Waals surface area contributed by atoms with Gasteiger partial charge < -0.3 is 15.4 Å². The van der Waals surface area contributed by atoms with E-state index in [1.165, 1.54) is 24.3 Å². The fourth-order valence-corrected chi connectivity index (χ4v) is 3.27. The van der Waals surface area contributed by atoms with Crippen LogP contribution in [0.15, 0.2) is 78.9 Å². The molecule has 1 unspecified atom stereocenters. The van der Waals surface area contributed by atoms with E-state index in [0.717, 1.165) is 16.7 Å². The Balaban J connectivity index is 1.62. The van der Waals surface area contributed by atoms with Gasteiger partial charge in [-0.3, -0.25) is 14.9 Å². The van der Waals surface area contributed by atoms with E-state index in [4.69, 9.17) is 4.74 Å². The Hall–Kier alpha value is -4.20. The zero-order valence-electron chi connectivity index (χ0n) is 18.2. The first-order valence-corrected chi connectivity index (χ1v) is 10.5. The number of nitro groups is 1. The van der Waals surface area contributed by atoms with E-state index in [1.54, 1.807) is 0 Å². The van der Waals surface area contributed by atoms with E-state index >= 15 is 0 Å². The maximum Gasteiger partial charge on any atom is 0.407 e. The number of anilines is 1. The molecule has 0 spiro atoms. The molecule has 0 radical (unpaired) electrons. The molecular weight excluding hydrogens is 422 g/mol. The topological polar surface area (TPSA) is 111 Å². The van der Waals surface area contributed by atoms with Crippen molar-refractivity contribution in [3.8, 4) is 0 Å². The minimum Gasteiger partial charge on any atom is -0.449 e. The number of alkyl carbamates (subject to hydrolysis) is 1. The Morgan fingerprint density at radius 3 is 2.33 bits per heavy atom. The number of non-ortho nitro benzene ring substituents is 1. The van der Waals surface area contributed by atoms with Gasteiger partial charge in [-0.25, -0.2) is 4.79 Å². The summed E-state index contributed by atoms with van der Waals surface area (Å²) in [5.41, 5.74) is 3.35. The Labute approximate surface area is 191 Å². The van der Waals surface area contributed by atoms with Gasteiger partial charge in [0, 0.05) is 30.7 Å². The first-order chi connectivity index (χ1) is 15.9. The van der Waals surface area contributed by atoms with Crippen molar-refractivity contribution in [3.05, 3.63) is 106 Å². The quantitative estimate of drug-likeness (QED) is 0.373. The molecule has 33 heavy (non-hydrogen) atoms. The molecule has 0 saturated carbocycles. The van der Waals surface area contributed by atoms with E-state index in [0.29, 0.717) is 12.1 Å². The van der Waals surface area contributed by atoms with Crippen molar-refractivity contribution in [1.29, 1.82) is 0 Å². The van der Waals surface area contributed by atoms with Crippen molar-refractivity contribution in [2.45, 2.75) is 25.8 Å². The van der Waals surface area contributed by atoms with Crippen LogP contribution in [0, 0.1) is 17.0 Å². The second kappa shape index (κ2) is 11.4. The molecule has 2 amide bonds. The number of hydrogen-bond acceptors (Lipinski definition) is 5. The number of aryl methyl sites for hydroxylation is 1. The summed E-state index contributed by atoms with van der Waals surface area (Å²) in [4.78, 5) is 35.6. The molecule has 2 N–H and O–H groups in total. The van der Waals surface area contributed by atoms with E-state index in [2.05, 4.69) is 10.6 Å². The number of carbonyl (C=O) groups is 2. The molecule has 0 aliphatic carbocycles. The van der Waals surface area contributed by atoms with Crippen LogP contribution in [0.1, 0.15) is 16.7 Å². The first-order valence-electron chi connectivity index (χ1n) is 10.5. The molecule has 0 fully saturated rings. The zero-order chi connectivity index (χ0) is 23.6. The van der Waals surface area contributed by atoms with Crippen LogP contribution in [-0.2, 0) is 22.4 Å². The number of nitrogens with one attached hydrogen (secondary N) is 2. The minimum absolute atomic E-state index is 0.0795. The minimum atomic E-state index is -0.894. The van der Waals surface area contributed by atoms with E-state index in [1.807, 2.05) is 61.5 Å². The second-order valence-corrected chi connectivity index (χ2v) is 7.55. The van der Waals surface area contributed by atoms with Gasteiger partial charge in [0.05, 0.1) is 11.5 Å². The van der Waals surface area contributed by atoms with Gasteiger partial charge in [-0.1, -0.05) is 60.2 Å². The second-order valence-electron chi connectivity index (χ2n) is 7.55. The van der Waals surface area contributed by atoms with Gasteiger partial charge in [0.25, 0.3) is 5.69 Å². The standard InChI is InChI=1S/C25H25N3O5/c1-18-6-5-9-20(16-18)14-15-33-25(30)27-23(17-19-7-3-2-4-8-19)24(29)26-21-10-12-22(13-11-21)28(31)32/h2-13,16,23H,14-15,17H2,1H3,(H,26,29)(H,27,30). The van der Waals surface area contributed by atoms with Crippen LogP contribution >= 0.6 is 0 Å². The molecule has 8 heteroatoms. The van der Waals surface area contributed by atoms with Gasteiger partial charge in [-0.05, 0) is 30.2 Å². The largest absolute Gasteiger partial charge is 0.449 e. The number of amides is 2. The van der Waals surface area contributed by atoms with Gasteiger partial charge in [0.15, 0.2) is 0 Å². The highest BCUT2D eigenvalue weighted by Gasteiger charge is 2.22. The fraction of sp³-hybridized carbons (Fsp3) is 0.200. The zero-order valence-corrected chi connectivity index (χ0v) is 18.2. The van der Waals surface area contributed by atoms with Gasteiger partial charge in [0.2, 0.25) is 5.91 Å². The van der Waals surface area contributed by atoms with Gasteiger partial charge in [-0.2, -0.15) is 0 Å². The molecule has 0 aliphatic heterocycles. The van der Waals surface area contributed by atoms with Crippen LogP contribution in [0.25, 0.3) is 0 Å². The molecule has 0 heterocycles. The summed E-state index contributed by atoms with van der Waals surface area (Å²) in [5, 5.41) is 16.1. The molecular formula is C25H25N3O5. The van der Waals surface area contributed by atoms with Gasteiger partial charge in [0.1, 0.15) is 6.04 Å². The van der Waals surface area contributed by atoms with Crippen LogP contribution in [0.5, 0.6) is 0 Å². The van der Waals surface area contributed by atoms with Crippen LogP contribution in [-0.4, -0.2) is 29.6 Å². The number of benzene rings is 3.